The van der Waals surface area contributed by atoms with Gasteiger partial charge in [0.05, 0.1) is 12.2 Å². The number of aliphatic hydroxyl groups is 1. The van der Waals surface area contributed by atoms with E-state index in [0.29, 0.717) is 11.3 Å². The molecule has 5 nitrogen and oxygen atoms in total. The summed E-state index contributed by atoms with van der Waals surface area (Å²) >= 11 is 3.29. The van der Waals surface area contributed by atoms with Gasteiger partial charge in [0.2, 0.25) is 0 Å². The third kappa shape index (κ3) is 4.35. The van der Waals surface area contributed by atoms with Gasteiger partial charge < -0.3 is 15.2 Å². The number of halogens is 1. The lowest BCUT2D eigenvalue weighted by Gasteiger charge is -2.13. The van der Waals surface area contributed by atoms with Crippen LogP contribution in [-0.2, 0) is 4.79 Å². The molecule has 0 heterocycles. The Hall–Kier alpha value is -1.58. The second-order valence-corrected chi connectivity index (χ2v) is 4.50. The van der Waals surface area contributed by atoms with E-state index in [1.54, 1.807) is 31.2 Å². The zero-order valence-corrected chi connectivity index (χ0v) is 11.4. The SMILES string of the molecule is C[C@H](O)c1ccc(Br)cc1OCC(=O)NCC#N. The van der Waals surface area contributed by atoms with Crippen LogP contribution in [0.5, 0.6) is 5.75 Å². The molecule has 0 aliphatic rings. The monoisotopic (exact) mass is 312 g/mol. The fourth-order valence-corrected chi connectivity index (χ4v) is 1.65. The number of hydrogen-bond acceptors (Lipinski definition) is 4. The highest BCUT2D eigenvalue weighted by Gasteiger charge is 2.11. The maximum Gasteiger partial charge on any atom is 0.258 e. The molecule has 0 saturated carbocycles. The van der Waals surface area contributed by atoms with Crippen molar-refractivity contribution in [2.75, 3.05) is 13.2 Å². The van der Waals surface area contributed by atoms with Crippen molar-refractivity contribution in [1.29, 1.82) is 5.26 Å². The van der Waals surface area contributed by atoms with E-state index in [1.165, 1.54) is 0 Å². The quantitative estimate of drug-likeness (QED) is 0.808. The molecule has 2 N–H and O–H groups in total. The van der Waals surface area contributed by atoms with Crippen molar-refractivity contribution in [3.05, 3.63) is 28.2 Å². The van der Waals surface area contributed by atoms with E-state index in [2.05, 4.69) is 21.2 Å². The Morgan fingerprint density at radius 1 is 1.67 bits per heavy atom. The largest absolute Gasteiger partial charge is 0.483 e. The molecule has 0 saturated heterocycles. The van der Waals surface area contributed by atoms with E-state index in [0.717, 1.165) is 4.47 Å². The minimum absolute atomic E-state index is 0.0516. The Morgan fingerprint density at radius 3 is 3.00 bits per heavy atom. The van der Waals surface area contributed by atoms with Crippen molar-refractivity contribution in [3.8, 4) is 11.8 Å². The molecule has 0 fully saturated rings. The zero-order chi connectivity index (χ0) is 13.5. The van der Waals surface area contributed by atoms with Gasteiger partial charge >= 0.3 is 0 Å². The first kappa shape index (κ1) is 14.5. The third-order valence-electron chi connectivity index (χ3n) is 2.15. The minimum Gasteiger partial charge on any atom is -0.483 e. The molecule has 0 spiro atoms. The minimum atomic E-state index is -0.685. The molecule has 0 bridgehead atoms. The van der Waals surface area contributed by atoms with E-state index in [-0.39, 0.29) is 19.1 Å². The molecule has 1 aromatic rings. The molecule has 1 rings (SSSR count). The molecular weight excluding hydrogens is 300 g/mol. The van der Waals surface area contributed by atoms with Crippen LogP contribution >= 0.6 is 15.9 Å². The number of nitrogens with one attached hydrogen (secondary N) is 1. The lowest BCUT2D eigenvalue weighted by atomic mass is 10.1. The Balaban J connectivity index is 2.69. The van der Waals surface area contributed by atoms with Crippen LogP contribution in [0.4, 0.5) is 0 Å². The summed E-state index contributed by atoms with van der Waals surface area (Å²) in [5.41, 5.74) is 0.603. The standard InChI is InChI=1S/C12H13BrN2O3/c1-8(16)10-3-2-9(13)6-11(10)18-7-12(17)15-5-4-14/h2-3,6,8,16H,5,7H2,1H3,(H,15,17)/t8-/m0/s1. The fraction of sp³-hybridized carbons (Fsp3) is 0.333. The van der Waals surface area contributed by atoms with Crippen LogP contribution < -0.4 is 10.1 Å². The summed E-state index contributed by atoms with van der Waals surface area (Å²) in [4.78, 5) is 11.3. The normalized spacial score (nSPS) is 11.4. The Labute approximate surface area is 114 Å². The number of aliphatic hydroxyl groups excluding tert-OH is 1. The van der Waals surface area contributed by atoms with Gasteiger partial charge in [0, 0.05) is 10.0 Å². The highest BCUT2D eigenvalue weighted by atomic mass is 79.9. The summed E-state index contributed by atoms with van der Waals surface area (Å²) in [6.07, 6.45) is -0.685. The van der Waals surface area contributed by atoms with Crippen LogP contribution in [0.2, 0.25) is 0 Å². The molecule has 0 aliphatic carbocycles. The summed E-state index contributed by atoms with van der Waals surface area (Å²) in [6.45, 7) is 1.37. The van der Waals surface area contributed by atoms with Crippen LogP contribution in [0.25, 0.3) is 0 Å². The molecular formula is C12H13BrN2O3. The summed E-state index contributed by atoms with van der Waals surface area (Å²) in [5.74, 6) is 0.0551. The number of rotatable bonds is 5. The van der Waals surface area contributed by atoms with E-state index < -0.39 is 6.10 Å². The van der Waals surface area contributed by atoms with Crippen molar-refractivity contribution in [3.63, 3.8) is 0 Å². The van der Waals surface area contributed by atoms with Gasteiger partial charge in [-0.05, 0) is 19.1 Å². The molecule has 1 atom stereocenters. The highest BCUT2D eigenvalue weighted by molar-refractivity contribution is 9.10. The first-order valence-electron chi connectivity index (χ1n) is 5.28. The van der Waals surface area contributed by atoms with Crippen LogP contribution in [0.15, 0.2) is 22.7 Å². The fourth-order valence-electron chi connectivity index (χ4n) is 1.31. The third-order valence-corrected chi connectivity index (χ3v) is 2.64. The number of carbonyl (C=O) groups excluding carboxylic acids is 1. The van der Waals surface area contributed by atoms with Gasteiger partial charge in [-0.25, -0.2) is 0 Å². The second kappa shape index (κ2) is 6.99. The van der Waals surface area contributed by atoms with Gasteiger partial charge in [0.1, 0.15) is 12.3 Å². The number of nitrogens with zero attached hydrogens (tertiary/aromatic N) is 1. The molecule has 0 unspecified atom stereocenters. The Kier molecular flexibility index (Phi) is 5.62. The van der Waals surface area contributed by atoms with Gasteiger partial charge in [-0.15, -0.1) is 0 Å². The summed E-state index contributed by atoms with van der Waals surface area (Å²) < 4.78 is 6.12. The highest BCUT2D eigenvalue weighted by Crippen LogP contribution is 2.28. The van der Waals surface area contributed by atoms with Gasteiger partial charge in [0.15, 0.2) is 6.61 Å². The van der Waals surface area contributed by atoms with Gasteiger partial charge in [0.25, 0.3) is 5.91 Å². The molecule has 1 aromatic carbocycles. The lowest BCUT2D eigenvalue weighted by molar-refractivity contribution is -0.122. The number of benzene rings is 1. The first-order chi connectivity index (χ1) is 8.54. The van der Waals surface area contributed by atoms with Crippen molar-refractivity contribution >= 4 is 21.8 Å². The van der Waals surface area contributed by atoms with E-state index in [1.807, 2.05) is 0 Å². The average Bonchev–Trinajstić information content (AvgIpc) is 2.33. The van der Waals surface area contributed by atoms with Crippen molar-refractivity contribution in [2.24, 2.45) is 0 Å². The zero-order valence-electron chi connectivity index (χ0n) is 9.81. The smallest absolute Gasteiger partial charge is 0.258 e. The average molecular weight is 313 g/mol. The first-order valence-corrected chi connectivity index (χ1v) is 6.08. The number of carbonyl (C=O) groups is 1. The molecule has 0 aliphatic heterocycles. The Bertz CT molecular complexity index is 469. The molecule has 18 heavy (non-hydrogen) atoms. The van der Waals surface area contributed by atoms with Gasteiger partial charge in [-0.3, -0.25) is 4.79 Å². The maximum atomic E-state index is 11.3. The van der Waals surface area contributed by atoms with Gasteiger partial charge in [-0.1, -0.05) is 22.0 Å². The van der Waals surface area contributed by atoms with Gasteiger partial charge in [-0.2, -0.15) is 5.26 Å². The number of nitriles is 1. The molecule has 1 amide bonds. The van der Waals surface area contributed by atoms with Crippen LogP contribution in [-0.4, -0.2) is 24.2 Å². The van der Waals surface area contributed by atoms with Crippen LogP contribution in [0.3, 0.4) is 0 Å². The summed E-state index contributed by atoms with van der Waals surface area (Å²) in [5, 5.41) is 20.2. The van der Waals surface area contributed by atoms with Crippen molar-refractivity contribution in [1.82, 2.24) is 5.32 Å². The predicted octanol–water partition coefficient (Wildman–Crippen LogP) is 1.52. The number of amides is 1. The molecule has 96 valence electrons. The van der Waals surface area contributed by atoms with Crippen LogP contribution in [0.1, 0.15) is 18.6 Å². The van der Waals surface area contributed by atoms with E-state index >= 15 is 0 Å². The van der Waals surface area contributed by atoms with E-state index in [9.17, 15) is 9.90 Å². The lowest BCUT2D eigenvalue weighted by Crippen LogP contribution is -2.29. The molecule has 0 radical (unpaired) electrons. The predicted molar refractivity (Wildman–Crippen MR) is 68.9 cm³/mol. The Morgan fingerprint density at radius 2 is 2.39 bits per heavy atom. The van der Waals surface area contributed by atoms with E-state index in [4.69, 9.17) is 10.00 Å². The second-order valence-electron chi connectivity index (χ2n) is 3.58. The number of hydrogen-bond donors (Lipinski definition) is 2. The maximum absolute atomic E-state index is 11.3. The summed E-state index contributed by atoms with van der Waals surface area (Å²) in [7, 11) is 0. The summed E-state index contributed by atoms with van der Waals surface area (Å²) in [6, 6.07) is 6.98. The topological polar surface area (TPSA) is 82.3 Å². The van der Waals surface area contributed by atoms with Crippen molar-refractivity contribution < 1.29 is 14.6 Å². The molecule has 6 heteroatoms. The number of ether oxygens (including phenoxy) is 1. The van der Waals surface area contributed by atoms with Crippen LogP contribution in [0, 0.1) is 11.3 Å². The molecule has 0 aromatic heterocycles. The van der Waals surface area contributed by atoms with Crippen molar-refractivity contribution in [2.45, 2.75) is 13.0 Å².